The topological polar surface area (TPSA) is 32.3 Å². The van der Waals surface area contributed by atoms with Crippen molar-refractivity contribution in [3.63, 3.8) is 0 Å². The van der Waals surface area contributed by atoms with Crippen molar-refractivity contribution in [2.75, 3.05) is 18.4 Å². The molecular weight excluding hydrogens is 296 g/mol. The van der Waals surface area contributed by atoms with Gasteiger partial charge in [-0.1, -0.05) is 55.5 Å². The lowest BCUT2D eigenvalue weighted by molar-refractivity contribution is -0.121. The first-order valence-corrected chi connectivity index (χ1v) is 8.91. The summed E-state index contributed by atoms with van der Waals surface area (Å²) in [5.74, 6) is 0.237. The Hall–Kier alpha value is -2.13. The van der Waals surface area contributed by atoms with Crippen LogP contribution in [0.25, 0.3) is 0 Å². The van der Waals surface area contributed by atoms with Gasteiger partial charge in [-0.15, -0.1) is 0 Å². The molecule has 0 bridgehead atoms. The maximum absolute atomic E-state index is 12.7. The molecule has 0 radical (unpaired) electrons. The maximum Gasteiger partial charge on any atom is 0.228 e. The third-order valence-corrected chi connectivity index (χ3v) is 4.78. The van der Waals surface area contributed by atoms with Crippen LogP contribution in [0.3, 0.4) is 0 Å². The molecule has 126 valence electrons. The molecule has 0 aliphatic carbocycles. The monoisotopic (exact) mass is 322 g/mol. The number of nitrogens with zero attached hydrogens (tertiary/aromatic N) is 1. The highest BCUT2D eigenvalue weighted by Gasteiger charge is 2.26. The van der Waals surface area contributed by atoms with Crippen LogP contribution in [0.15, 0.2) is 54.6 Å². The van der Waals surface area contributed by atoms with Gasteiger partial charge in [0.1, 0.15) is 0 Å². The van der Waals surface area contributed by atoms with Gasteiger partial charge in [-0.2, -0.15) is 0 Å². The molecule has 0 saturated carbocycles. The Morgan fingerprint density at radius 1 is 1.12 bits per heavy atom. The molecule has 1 aliphatic rings. The molecule has 3 nitrogen and oxygen atoms in total. The number of amides is 1. The van der Waals surface area contributed by atoms with Crippen molar-refractivity contribution < 1.29 is 4.79 Å². The summed E-state index contributed by atoms with van der Waals surface area (Å²) in [6.45, 7) is 4.96. The minimum Gasteiger partial charge on any atom is -0.326 e. The molecule has 1 saturated heterocycles. The number of carbonyl (C=O) groups is 1. The van der Waals surface area contributed by atoms with Crippen LogP contribution >= 0.6 is 0 Å². The Balaban J connectivity index is 1.60. The van der Waals surface area contributed by atoms with Crippen LogP contribution in [-0.2, 0) is 17.8 Å². The van der Waals surface area contributed by atoms with E-state index in [0.717, 1.165) is 44.6 Å². The summed E-state index contributed by atoms with van der Waals surface area (Å²) in [6, 6.07) is 18.6. The lowest BCUT2D eigenvalue weighted by atomic mass is 9.96. The molecule has 3 rings (SSSR count). The Kier molecular flexibility index (Phi) is 5.65. The van der Waals surface area contributed by atoms with Crippen molar-refractivity contribution in [3.8, 4) is 0 Å². The predicted molar refractivity (Wildman–Crippen MR) is 98.9 cm³/mol. The van der Waals surface area contributed by atoms with Crippen LogP contribution in [-0.4, -0.2) is 23.9 Å². The zero-order chi connectivity index (χ0) is 16.8. The summed E-state index contributed by atoms with van der Waals surface area (Å²) >= 11 is 0. The highest BCUT2D eigenvalue weighted by atomic mass is 16.1. The first-order valence-electron chi connectivity index (χ1n) is 8.91. The molecule has 1 fully saturated rings. The molecule has 1 heterocycles. The quantitative estimate of drug-likeness (QED) is 0.899. The van der Waals surface area contributed by atoms with Gasteiger partial charge in [0.2, 0.25) is 5.91 Å². The van der Waals surface area contributed by atoms with Crippen molar-refractivity contribution in [2.24, 2.45) is 5.92 Å². The van der Waals surface area contributed by atoms with Gasteiger partial charge >= 0.3 is 0 Å². The fraction of sp³-hybridized carbons (Fsp3) is 0.381. The van der Waals surface area contributed by atoms with E-state index in [1.54, 1.807) is 0 Å². The minimum absolute atomic E-state index is 0.0763. The van der Waals surface area contributed by atoms with E-state index in [0.29, 0.717) is 0 Å². The zero-order valence-corrected chi connectivity index (χ0v) is 14.4. The summed E-state index contributed by atoms with van der Waals surface area (Å²) in [4.78, 5) is 15.1. The number of benzene rings is 2. The molecule has 1 atom stereocenters. The number of hydrogen-bond donors (Lipinski definition) is 1. The third kappa shape index (κ3) is 4.24. The first-order chi connectivity index (χ1) is 11.8. The molecule has 1 aliphatic heterocycles. The van der Waals surface area contributed by atoms with Crippen molar-refractivity contribution in [1.29, 1.82) is 0 Å². The van der Waals surface area contributed by atoms with Gasteiger partial charge in [-0.3, -0.25) is 9.69 Å². The van der Waals surface area contributed by atoms with E-state index in [-0.39, 0.29) is 11.8 Å². The van der Waals surface area contributed by atoms with Gasteiger partial charge in [0.05, 0.1) is 5.92 Å². The second-order valence-corrected chi connectivity index (χ2v) is 6.56. The summed E-state index contributed by atoms with van der Waals surface area (Å²) in [7, 11) is 0. The fourth-order valence-electron chi connectivity index (χ4n) is 3.44. The molecule has 2 aromatic carbocycles. The second-order valence-electron chi connectivity index (χ2n) is 6.56. The molecule has 3 heteroatoms. The maximum atomic E-state index is 12.7. The summed E-state index contributed by atoms with van der Waals surface area (Å²) < 4.78 is 0. The van der Waals surface area contributed by atoms with Gasteiger partial charge in [0.25, 0.3) is 0 Å². The Morgan fingerprint density at radius 3 is 2.67 bits per heavy atom. The Bertz CT molecular complexity index is 669. The molecule has 0 spiro atoms. The highest BCUT2D eigenvalue weighted by Crippen LogP contribution is 2.22. The number of carbonyl (C=O) groups excluding carboxylic acids is 1. The number of aryl methyl sites for hydroxylation is 1. The average molecular weight is 322 g/mol. The van der Waals surface area contributed by atoms with Crippen LogP contribution in [0.4, 0.5) is 5.69 Å². The van der Waals surface area contributed by atoms with Gasteiger partial charge in [-0.25, -0.2) is 0 Å². The Labute approximate surface area is 144 Å². The van der Waals surface area contributed by atoms with E-state index in [1.807, 2.05) is 24.3 Å². The standard InChI is InChI=1S/C21H26N2O/c1-2-18-11-6-7-13-20(18)22-21(24)19-12-8-14-23(16-19)15-17-9-4-3-5-10-17/h3-7,9-11,13,19H,2,8,12,14-16H2,1H3,(H,22,24)/t19-/m0/s1. The van der Waals surface area contributed by atoms with Gasteiger partial charge in [-0.05, 0) is 43.0 Å². The first kappa shape index (κ1) is 16.7. The summed E-state index contributed by atoms with van der Waals surface area (Å²) in [5.41, 5.74) is 3.47. The van der Waals surface area contributed by atoms with E-state index in [2.05, 4.69) is 47.5 Å². The molecular formula is C21H26N2O. The number of para-hydroxylation sites is 1. The van der Waals surface area contributed by atoms with Crippen molar-refractivity contribution >= 4 is 11.6 Å². The van der Waals surface area contributed by atoms with Crippen LogP contribution in [0.5, 0.6) is 0 Å². The number of rotatable bonds is 5. The molecule has 24 heavy (non-hydrogen) atoms. The normalized spacial score (nSPS) is 18.3. The van der Waals surface area contributed by atoms with Crippen molar-refractivity contribution in [3.05, 3.63) is 65.7 Å². The molecule has 1 N–H and O–H groups in total. The van der Waals surface area contributed by atoms with Crippen LogP contribution in [0.2, 0.25) is 0 Å². The number of piperidine rings is 1. The van der Waals surface area contributed by atoms with E-state index in [4.69, 9.17) is 0 Å². The number of likely N-dealkylation sites (tertiary alicyclic amines) is 1. The minimum atomic E-state index is 0.0763. The van der Waals surface area contributed by atoms with E-state index < -0.39 is 0 Å². The zero-order valence-electron chi connectivity index (χ0n) is 14.4. The van der Waals surface area contributed by atoms with Gasteiger partial charge in [0.15, 0.2) is 0 Å². The molecule has 1 amide bonds. The van der Waals surface area contributed by atoms with Crippen LogP contribution in [0, 0.1) is 5.92 Å². The highest BCUT2D eigenvalue weighted by molar-refractivity contribution is 5.93. The summed E-state index contributed by atoms with van der Waals surface area (Å²) in [5, 5.41) is 3.15. The summed E-state index contributed by atoms with van der Waals surface area (Å²) in [6.07, 6.45) is 2.99. The van der Waals surface area contributed by atoms with E-state index in [1.165, 1.54) is 11.1 Å². The van der Waals surface area contributed by atoms with Crippen LogP contribution in [0.1, 0.15) is 30.9 Å². The number of hydrogen-bond acceptors (Lipinski definition) is 2. The average Bonchev–Trinajstić information content (AvgIpc) is 2.63. The lowest BCUT2D eigenvalue weighted by Gasteiger charge is -2.32. The van der Waals surface area contributed by atoms with Crippen molar-refractivity contribution in [1.82, 2.24) is 4.90 Å². The van der Waals surface area contributed by atoms with Gasteiger partial charge < -0.3 is 5.32 Å². The smallest absolute Gasteiger partial charge is 0.228 e. The second kappa shape index (κ2) is 8.11. The van der Waals surface area contributed by atoms with Gasteiger partial charge in [0, 0.05) is 18.8 Å². The number of nitrogens with one attached hydrogen (secondary N) is 1. The molecule has 2 aromatic rings. The Morgan fingerprint density at radius 2 is 1.88 bits per heavy atom. The molecule has 0 aromatic heterocycles. The van der Waals surface area contributed by atoms with Crippen LogP contribution < -0.4 is 5.32 Å². The molecule has 0 unspecified atom stereocenters. The SMILES string of the molecule is CCc1ccccc1NC(=O)[C@H]1CCCN(Cc2ccccc2)C1. The number of anilines is 1. The van der Waals surface area contributed by atoms with Crippen molar-refractivity contribution in [2.45, 2.75) is 32.7 Å². The fourth-order valence-corrected chi connectivity index (χ4v) is 3.44. The third-order valence-electron chi connectivity index (χ3n) is 4.78. The largest absolute Gasteiger partial charge is 0.326 e. The predicted octanol–water partition coefficient (Wildman–Crippen LogP) is 4.10. The van der Waals surface area contributed by atoms with E-state index in [9.17, 15) is 4.79 Å². The lowest BCUT2D eigenvalue weighted by Crippen LogP contribution is -2.40. The van der Waals surface area contributed by atoms with E-state index >= 15 is 0 Å².